The molecular weight excluding hydrogens is 220 g/mol. The Bertz CT molecular complexity index is 254. The number of nitrogens with zero attached hydrogens (tertiary/aromatic N) is 2. The van der Waals surface area contributed by atoms with E-state index in [0.29, 0.717) is 24.9 Å². The van der Waals surface area contributed by atoms with Gasteiger partial charge in [0.15, 0.2) is 0 Å². The van der Waals surface area contributed by atoms with Crippen molar-refractivity contribution in [2.45, 2.75) is 27.7 Å². The number of carbonyl (C=O) groups is 2. The molecule has 1 N–H and O–H groups in total. The van der Waals surface area contributed by atoms with Crippen molar-refractivity contribution in [1.29, 1.82) is 0 Å². The van der Waals surface area contributed by atoms with E-state index in [-0.39, 0.29) is 12.6 Å². The number of carbonyl (C=O) groups excluding carboxylic acids is 1. The first-order valence-electron chi connectivity index (χ1n) is 5.95. The summed E-state index contributed by atoms with van der Waals surface area (Å²) in [6, 6.07) is -0.213. The number of carboxylic acid groups (broad SMARTS) is 1. The molecular formula is C12H24N2O3. The maximum absolute atomic E-state index is 12.0. The van der Waals surface area contributed by atoms with E-state index in [9.17, 15) is 9.59 Å². The number of aliphatic carboxylic acids is 1. The van der Waals surface area contributed by atoms with Crippen molar-refractivity contribution in [3.8, 4) is 0 Å². The molecule has 0 saturated carbocycles. The zero-order valence-electron chi connectivity index (χ0n) is 11.4. The molecule has 0 aromatic heterocycles. The van der Waals surface area contributed by atoms with E-state index in [1.165, 1.54) is 11.9 Å². The number of hydrogen-bond acceptors (Lipinski definition) is 2. The third-order valence-electron chi connectivity index (χ3n) is 2.14. The minimum Gasteiger partial charge on any atom is -0.480 e. The van der Waals surface area contributed by atoms with Gasteiger partial charge in [0, 0.05) is 20.1 Å². The summed E-state index contributed by atoms with van der Waals surface area (Å²) in [4.78, 5) is 25.6. The second-order valence-electron chi connectivity index (χ2n) is 5.23. The van der Waals surface area contributed by atoms with Gasteiger partial charge >= 0.3 is 12.0 Å². The molecule has 0 fully saturated rings. The van der Waals surface area contributed by atoms with E-state index in [1.54, 1.807) is 4.90 Å². The van der Waals surface area contributed by atoms with Crippen LogP contribution < -0.4 is 0 Å². The Kier molecular flexibility index (Phi) is 6.61. The maximum atomic E-state index is 12.0. The molecule has 0 aliphatic carbocycles. The number of likely N-dealkylation sites (N-methyl/N-ethyl adjacent to an activating group) is 1. The molecule has 0 aromatic carbocycles. The summed E-state index contributed by atoms with van der Waals surface area (Å²) in [6.07, 6.45) is 0. The summed E-state index contributed by atoms with van der Waals surface area (Å²) in [5, 5.41) is 8.67. The first-order valence-corrected chi connectivity index (χ1v) is 5.95. The monoisotopic (exact) mass is 244 g/mol. The highest BCUT2D eigenvalue weighted by molar-refractivity contribution is 5.79. The van der Waals surface area contributed by atoms with E-state index >= 15 is 0 Å². The van der Waals surface area contributed by atoms with Gasteiger partial charge < -0.3 is 14.9 Å². The lowest BCUT2D eigenvalue weighted by molar-refractivity contribution is -0.137. The Hall–Kier alpha value is -1.26. The standard InChI is InChI=1S/C12H24N2O3/c1-9(2)6-14(7-10(3)4)12(17)13(5)8-11(15)16/h9-10H,6-8H2,1-5H3,(H,15,16). The molecule has 0 saturated heterocycles. The van der Waals surface area contributed by atoms with Crippen LogP contribution in [-0.2, 0) is 4.79 Å². The lowest BCUT2D eigenvalue weighted by Gasteiger charge is -2.30. The summed E-state index contributed by atoms with van der Waals surface area (Å²) < 4.78 is 0. The van der Waals surface area contributed by atoms with Crippen LogP contribution in [0.4, 0.5) is 4.79 Å². The number of rotatable bonds is 6. The molecule has 0 bridgehead atoms. The van der Waals surface area contributed by atoms with E-state index in [2.05, 4.69) is 0 Å². The summed E-state index contributed by atoms with van der Waals surface area (Å²) in [6.45, 7) is 9.21. The van der Waals surface area contributed by atoms with Crippen LogP contribution in [-0.4, -0.2) is 53.6 Å². The zero-order chi connectivity index (χ0) is 13.6. The average molecular weight is 244 g/mol. The molecule has 2 amide bonds. The van der Waals surface area contributed by atoms with Gasteiger partial charge in [-0.1, -0.05) is 27.7 Å². The Morgan fingerprint density at radius 3 is 1.76 bits per heavy atom. The SMILES string of the molecule is CC(C)CN(CC(C)C)C(=O)N(C)CC(=O)O. The lowest BCUT2D eigenvalue weighted by atomic mass is 10.1. The highest BCUT2D eigenvalue weighted by atomic mass is 16.4. The summed E-state index contributed by atoms with van der Waals surface area (Å²) in [5.41, 5.74) is 0. The van der Waals surface area contributed by atoms with E-state index in [4.69, 9.17) is 5.11 Å². The molecule has 0 rings (SSSR count). The molecule has 0 aromatic rings. The molecule has 0 aliphatic rings. The summed E-state index contributed by atoms with van der Waals surface area (Å²) >= 11 is 0. The maximum Gasteiger partial charge on any atom is 0.323 e. The number of amides is 2. The fourth-order valence-electron chi connectivity index (χ4n) is 1.62. The minimum absolute atomic E-state index is 0.213. The molecule has 0 spiro atoms. The second kappa shape index (κ2) is 7.14. The minimum atomic E-state index is -0.991. The Morgan fingerprint density at radius 1 is 1.06 bits per heavy atom. The predicted octanol–water partition coefficient (Wildman–Crippen LogP) is 1.74. The fraction of sp³-hybridized carbons (Fsp3) is 0.833. The molecule has 0 heterocycles. The largest absolute Gasteiger partial charge is 0.480 e. The van der Waals surface area contributed by atoms with E-state index in [0.717, 1.165) is 0 Å². The summed E-state index contributed by atoms with van der Waals surface area (Å²) in [7, 11) is 1.52. The van der Waals surface area contributed by atoms with Crippen molar-refractivity contribution < 1.29 is 14.7 Å². The van der Waals surface area contributed by atoms with Crippen LogP contribution in [0.1, 0.15) is 27.7 Å². The number of carboxylic acids is 1. The van der Waals surface area contributed by atoms with Crippen molar-refractivity contribution in [3.63, 3.8) is 0 Å². The number of hydrogen-bond donors (Lipinski definition) is 1. The van der Waals surface area contributed by atoms with Gasteiger partial charge in [0.2, 0.25) is 0 Å². The first-order chi connectivity index (χ1) is 7.73. The van der Waals surface area contributed by atoms with Crippen LogP contribution in [0.5, 0.6) is 0 Å². The van der Waals surface area contributed by atoms with Crippen LogP contribution in [0, 0.1) is 11.8 Å². The first kappa shape index (κ1) is 15.7. The van der Waals surface area contributed by atoms with Crippen LogP contribution in [0.2, 0.25) is 0 Å². The molecule has 0 unspecified atom stereocenters. The van der Waals surface area contributed by atoms with E-state index < -0.39 is 5.97 Å². The van der Waals surface area contributed by atoms with Gasteiger partial charge in [-0.3, -0.25) is 4.79 Å². The smallest absolute Gasteiger partial charge is 0.323 e. The highest BCUT2D eigenvalue weighted by Gasteiger charge is 2.21. The molecule has 0 aliphatic heterocycles. The molecule has 17 heavy (non-hydrogen) atoms. The van der Waals surface area contributed by atoms with Crippen LogP contribution in [0.25, 0.3) is 0 Å². The van der Waals surface area contributed by atoms with Crippen LogP contribution in [0.3, 0.4) is 0 Å². The zero-order valence-corrected chi connectivity index (χ0v) is 11.4. The van der Waals surface area contributed by atoms with Gasteiger partial charge in [-0.05, 0) is 11.8 Å². The molecule has 5 heteroatoms. The lowest BCUT2D eigenvalue weighted by Crippen LogP contribution is -2.46. The van der Waals surface area contributed by atoms with Gasteiger partial charge in [0.1, 0.15) is 6.54 Å². The van der Waals surface area contributed by atoms with Gasteiger partial charge in [0.05, 0.1) is 0 Å². The molecule has 0 atom stereocenters. The molecule has 0 radical (unpaired) electrons. The van der Waals surface area contributed by atoms with Crippen molar-refractivity contribution in [3.05, 3.63) is 0 Å². The quantitative estimate of drug-likeness (QED) is 0.774. The Balaban J connectivity index is 4.55. The topological polar surface area (TPSA) is 60.9 Å². The number of urea groups is 1. The van der Waals surface area contributed by atoms with Crippen LogP contribution >= 0.6 is 0 Å². The van der Waals surface area contributed by atoms with Gasteiger partial charge in [-0.25, -0.2) is 4.79 Å². The van der Waals surface area contributed by atoms with E-state index in [1.807, 2.05) is 27.7 Å². The average Bonchev–Trinajstić information content (AvgIpc) is 2.12. The Labute approximate surface area is 103 Å². The fourth-order valence-corrected chi connectivity index (χ4v) is 1.62. The van der Waals surface area contributed by atoms with Crippen molar-refractivity contribution in [2.75, 3.05) is 26.7 Å². The van der Waals surface area contributed by atoms with Crippen molar-refractivity contribution >= 4 is 12.0 Å². The Morgan fingerprint density at radius 2 is 1.47 bits per heavy atom. The third-order valence-corrected chi connectivity index (χ3v) is 2.14. The normalized spacial score (nSPS) is 10.8. The van der Waals surface area contributed by atoms with Gasteiger partial charge in [0.25, 0.3) is 0 Å². The highest BCUT2D eigenvalue weighted by Crippen LogP contribution is 2.06. The third kappa shape index (κ3) is 6.81. The van der Waals surface area contributed by atoms with Crippen molar-refractivity contribution in [2.24, 2.45) is 11.8 Å². The summed E-state index contributed by atoms with van der Waals surface area (Å²) in [5.74, 6) is -0.248. The van der Waals surface area contributed by atoms with Crippen LogP contribution in [0.15, 0.2) is 0 Å². The molecule has 100 valence electrons. The predicted molar refractivity (Wildman–Crippen MR) is 66.9 cm³/mol. The van der Waals surface area contributed by atoms with Crippen molar-refractivity contribution in [1.82, 2.24) is 9.80 Å². The van der Waals surface area contributed by atoms with Gasteiger partial charge in [-0.2, -0.15) is 0 Å². The second-order valence-corrected chi connectivity index (χ2v) is 5.23. The molecule has 5 nitrogen and oxygen atoms in total. The van der Waals surface area contributed by atoms with Gasteiger partial charge in [-0.15, -0.1) is 0 Å².